The molecule has 0 atom stereocenters. The Bertz CT molecular complexity index is 1240. The van der Waals surface area contributed by atoms with Gasteiger partial charge >= 0.3 is 6.18 Å². The Balaban J connectivity index is 1.25. The molecule has 0 heterocycles. The van der Waals surface area contributed by atoms with Gasteiger partial charge in [-0.1, -0.05) is 108 Å². The maximum absolute atomic E-state index is 15.3. The molecule has 0 aromatic heterocycles. The van der Waals surface area contributed by atoms with Gasteiger partial charge in [0.25, 0.3) is 0 Å². The molecule has 3 aromatic rings. The summed E-state index contributed by atoms with van der Waals surface area (Å²) in [7, 11) is 0. The summed E-state index contributed by atoms with van der Waals surface area (Å²) in [4.78, 5) is 0. The molecule has 1 fully saturated rings. The fraction of sp³-hybridized carbons (Fsp3) is 0.543. The van der Waals surface area contributed by atoms with E-state index >= 15 is 4.39 Å². The summed E-state index contributed by atoms with van der Waals surface area (Å²) in [6.45, 7) is 0.715. The van der Waals surface area contributed by atoms with E-state index in [0.29, 0.717) is 29.4 Å². The highest BCUT2D eigenvalue weighted by Crippen LogP contribution is 2.35. The van der Waals surface area contributed by atoms with E-state index in [0.717, 1.165) is 29.7 Å². The van der Waals surface area contributed by atoms with Crippen LogP contribution in [0.3, 0.4) is 0 Å². The second-order valence-corrected chi connectivity index (χ2v) is 11.9. The maximum Gasteiger partial charge on any atom is 0.422 e. The normalized spacial score (nSPS) is 17.7. The molecule has 0 saturated heterocycles. The number of alkyl halides is 3. The molecular formula is C35H43F5O. The zero-order chi connectivity index (χ0) is 29.2. The van der Waals surface area contributed by atoms with Crippen molar-refractivity contribution in [2.75, 3.05) is 6.61 Å². The molecule has 0 radical (unpaired) electrons. The third-order valence-corrected chi connectivity index (χ3v) is 8.69. The summed E-state index contributed by atoms with van der Waals surface area (Å²) in [5.41, 5.74) is 2.34. The summed E-state index contributed by atoms with van der Waals surface area (Å²) < 4.78 is 71.0. The van der Waals surface area contributed by atoms with E-state index in [1.807, 2.05) is 18.2 Å². The highest BCUT2D eigenvalue weighted by atomic mass is 19.4. The van der Waals surface area contributed by atoms with Crippen LogP contribution in [-0.4, -0.2) is 12.8 Å². The van der Waals surface area contributed by atoms with Crippen LogP contribution in [0.5, 0.6) is 5.75 Å². The highest BCUT2D eigenvalue weighted by molar-refractivity contribution is 5.84. The van der Waals surface area contributed by atoms with Crippen LogP contribution < -0.4 is 4.74 Å². The lowest BCUT2D eigenvalue weighted by atomic mass is 9.77. The minimum Gasteiger partial charge on any atom is -0.481 e. The summed E-state index contributed by atoms with van der Waals surface area (Å²) in [6, 6.07) is 13.6. The van der Waals surface area contributed by atoms with Gasteiger partial charge < -0.3 is 4.74 Å². The molecule has 0 N–H and O–H groups in total. The van der Waals surface area contributed by atoms with Crippen LogP contribution in [0.1, 0.15) is 94.2 Å². The Labute approximate surface area is 241 Å². The molecule has 6 heteroatoms. The van der Waals surface area contributed by atoms with Crippen molar-refractivity contribution in [2.24, 2.45) is 11.8 Å². The molecule has 1 aliphatic rings. The molecule has 224 valence electrons. The lowest BCUT2D eigenvalue weighted by molar-refractivity contribution is -0.153. The zero-order valence-corrected chi connectivity index (χ0v) is 24.2. The van der Waals surface area contributed by atoms with E-state index in [-0.39, 0.29) is 5.82 Å². The lowest BCUT2D eigenvalue weighted by Crippen LogP contribution is -2.19. The minimum atomic E-state index is -4.54. The minimum absolute atomic E-state index is 0.271. The molecule has 0 bridgehead atoms. The van der Waals surface area contributed by atoms with E-state index in [2.05, 4.69) is 17.7 Å². The number of aryl methyl sites for hydroxylation is 3. The number of fused-ring (bicyclic) bond motifs is 1. The average molecular weight is 575 g/mol. The van der Waals surface area contributed by atoms with Crippen molar-refractivity contribution in [3.05, 3.63) is 76.9 Å². The van der Waals surface area contributed by atoms with E-state index in [4.69, 9.17) is 0 Å². The van der Waals surface area contributed by atoms with Gasteiger partial charge in [0.2, 0.25) is 0 Å². The van der Waals surface area contributed by atoms with Crippen molar-refractivity contribution in [1.82, 2.24) is 0 Å². The molecule has 41 heavy (non-hydrogen) atoms. The van der Waals surface area contributed by atoms with Gasteiger partial charge in [0.05, 0.1) is 0 Å². The largest absolute Gasteiger partial charge is 0.481 e. The summed E-state index contributed by atoms with van der Waals surface area (Å²) in [6.07, 6.45) is 12.0. The fourth-order valence-electron chi connectivity index (χ4n) is 6.21. The van der Waals surface area contributed by atoms with Crippen LogP contribution in [0.4, 0.5) is 22.0 Å². The lowest BCUT2D eigenvalue weighted by Gasteiger charge is -2.28. The van der Waals surface area contributed by atoms with Gasteiger partial charge in [-0.3, -0.25) is 0 Å². The predicted octanol–water partition coefficient (Wildman–Crippen LogP) is 10.9. The molecule has 3 aromatic carbocycles. The fourth-order valence-corrected chi connectivity index (χ4v) is 6.21. The SMILES string of the molecule is CCCCCCCC1CCC(CCc2ccc3c(F)c(CCc4ccc(OCC(F)(F)F)c(F)c4)ccc3c2)CC1. The second-order valence-electron chi connectivity index (χ2n) is 11.9. The number of benzene rings is 3. The van der Waals surface area contributed by atoms with Crippen LogP contribution in [0.15, 0.2) is 48.5 Å². The van der Waals surface area contributed by atoms with Crippen molar-refractivity contribution in [1.29, 1.82) is 0 Å². The van der Waals surface area contributed by atoms with Crippen LogP contribution in [-0.2, 0) is 19.3 Å². The first-order chi connectivity index (χ1) is 19.7. The van der Waals surface area contributed by atoms with Gasteiger partial charge in [-0.2, -0.15) is 13.2 Å². The quantitative estimate of drug-likeness (QED) is 0.137. The third-order valence-electron chi connectivity index (χ3n) is 8.69. The molecule has 0 unspecified atom stereocenters. The number of hydrogen-bond donors (Lipinski definition) is 0. The van der Waals surface area contributed by atoms with Gasteiger partial charge in [0, 0.05) is 5.39 Å². The number of rotatable bonds is 14. The van der Waals surface area contributed by atoms with Crippen molar-refractivity contribution in [3.63, 3.8) is 0 Å². The second kappa shape index (κ2) is 15.0. The number of unbranched alkanes of at least 4 members (excludes halogenated alkanes) is 4. The molecular weight excluding hydrogens is 531 g/mol. The Kier molecular flexibility index (Phi) is 11.5. The molecule has 1 saturated carbocycles. The first-order valence-electron chi connectivity index (χ1n) is 15.4. The van der Waals surface area contributed by atoms with E-state index < -0.39 is 24.3 Å². The number of ether oxygens (including phenoxy) is 1. The van der Waals surface area contributed by atoms with Gasteiger partial charge in [0.15, 0.2) is 18.2 Å². The van der Waals surface area contributed by atoms with Crippen molar-refractivity contribution >= 4 is 10.8 Å². The number of halogens is 5. The van der Waals surface area contributed by atoms with Gasteiger partial charge in [-0.25, -0.2) is 8.78 Å². The summed E-state index contributed by atoms with van der Waals surface area (Å²) >= 11 is 0. The first-order valence-corrected chi connectivity index (χ1v) is 15.4. The molecule has 1 aliphatic carbocycles. The monoisotopic (exact) mass is 574 g/mol. The van der Waals surface area contributed by atoms with Crippen LogP contribution >= 0.6 is 0 Å². The molecule has 0 spiro atoms. The molecule has 1 nitrogen and oxygen atoms in total. The van der Waals surface area contributed by atoms with Crippen molar-refractivity contribution in [3.8, 4) is 5.75 Å². The predicted molar refractivity (Wildman–Crippen MR) is 156 cm³/mol. The molecule has 4 rings (SSSR count). The van der Waals surface area contributed by atoms with E-state index in [9.17, 15) is 17.6 Å². The smallest absolute Gasteiger partial charge is 0.422 e. The topological polar surface area (TPSA) is 9.23 Å². The Morgan fingerprint density at radius 1 is 0.732 bits per heavy atom. The van der Waals surface area contributed by atoms with Crippen LogP contribution in [0.25, 0.3) is 10.8 Å². The first kappa shape index (κ1) is 31.3. The number of hydrogen-bond acceptors (Lipinski definition) is 1. The Morgan fingerprint density at radius 2 is 1.41 bits per heavy atom. The maximum atomic E-state index is 15.3. The van der Waals surface area contributed by atoms with E-state index in [1.54, 1.807) is 6.07 Å². The van der Waals surface area contributed by atoms with Gasteiger partial charge in [-0.05, 0) is 71.7 Å². The van der Waals surface area contributed by atoms with Gasteiger partial charge in [0.1, 0.15) is 5.82 Å². The Hall–Kier alpha value is -2.63. The zero-order valence-electron chi connectivity index (χ0n) is 24.2. The van der Waals surface area contributed by atoms with E-state index in [1.165, 1.54) is 88.3 Å². The standard InChI is InChI=1S/C35H43F5O/c1-2-3-4-5-6-7-25-8-10-26(11-9-25)12-13-27-15-20-31-30(22-27)19-18-29(34(31)37)17-14-28-16-21-33(32(36)23-28)41-24-35(38,39)40/h15-16,18-23,25-26H,2-14,17,24H2,1H3. The third kappa shape index (κ3) is 9.72. The molecule has 0 aliphatic heterocycles. The summed E-state index contributed by atoms with van der Waals surface area (Å²) in [5, 5.41) is 1.46. The molecule has 0 amide bonds. The van der Waals surface area contributed by atoms with Crippen LogP contribution in [0.2, 0.25) is 0 Å². The van der Waals surface area contributed by atoms with Crippen molar-refractivity contribution < 1.29 is 26.7 Å². The average Bonchev–Trinajstić information content (AvgIpc) is 2.95. The Morgan fingerprint density at radius 3 is 2.12 bits per heavy atom. The van der Waals surface area contributed by atoms with Crippen LogP contribution in [0, 0.1) is 23.5 Å². The highest BCUT2D eigenvalue weighted by Gasteiger charge is 2.29. The van der Waals surface area contributed by atoms with Gasteiger partial charge in [-0.15, -0.1) is 0 Å². The van der Waals surface area contributed by atoms with Crippen molar-refractivity contribution in [2.45, 2.75) is 103 Å². The summed E-state index contributed by atoms with van der Waals surface area (Å²) in [5.74, 6) is 0.133.